The van der Waals surface area contributed by atoms with Gasteiger partial charge < -0.3 is 10.0 Å². The Morgan fingerprint density at radius 2 is 1.87 bits per heavy atom. The van der Waals surface area contributed by atoms with E-state index in [1.807, 2.05) is 19.2 Å². The lowest BCUT2D eigenvalue weighted by molar-refractivity contribution is -0.145. The van der Waals surface area contributed by atoms with Crippen molar-refractivity contribution in [1.82, 2.24) is 4.90 Å². The van der Waals surface area contributed by atoms with Crippen LogP contribution in [-0.2, 0) is 11.3 Å². The third-order valence-corrected chi connectivity index (χ3v) is 4.95. The molecule has 1 aliphatic rings. The van der Waals surface area contributed by atoms with Crippen LogP contribution in [-0.4, -0.2) is 29.6 Å². The lowest BCUT2D eigenvalue weighted by Gasteiger charge is -2.32. The van der Waals surface area contributed by atoms with Gasteiger partial charge in [-0.1, -0.05) is 42.1 Å². The second-order valence-corrected chi connectivity index (χ2v) is 6.75. The summed E-state index contributed by atoms with van der Waals surface area (Å²) in [6.45, 7) is 1.55. The van der Waals surface area contributed by atoms with Crippen LogP contribution in [0.3, 0.4) is 0 Å². The molecule has 0 aromatic heterocycles. The Bertz CT molecular complexity index is 513. The van der Waals surface area contributed by atoms with Gasteiger partial charge in [-0.2, -0.15) is 0 Å². The molecule has 1 fully saturated rings. The van der Waals surface area contributed by atoms with Crippen LogP contribution >= 0.6 is 48.0 Å². The molecule has 132 valence electrons. The third kappa shape index (κ3) is 6.67. The van der Waals surface area contributed by atoms with E-state index in [1.54, 1.807) is 6.07 Å². The predicted molar refractivity (Wildman–Crippen MR) is 100 cm³/mol. The average Bonchev–Trinajstić information content (AvgIpc) is 2.43. The van der Waals surface area contributed by atoms with Crippen LogP contribution in [0.5, 0.6) is 0 Å². The minimum absolute atomic E-state index is 0. The van der Waals surface area contributed by atoms with Gasteiger partial charge in [0.15, 0.2) is 0 Å². The molecular formula is C16H23Cl4NO2. The second-order valence-electron chi connectivity index (χ2n) is 5.93. The molecule has 2 unspecified atom stereocenters. The molecule has 7 heteroatoms. The summed E-state index contributed by atoms with van der Waals surface area (Å²) in [5.41, 5.74) is 1.09. The first-order valence-electron chi connectivity index (χ1n) is 7.32. The lowest BCUT2D eigenvalue weighted by atomic mass is 9.79. The van der Waals surface area contributed by atoms with Gasteiger partial charge in [0.2, 0.25) is 0 Å². The fraction of sp³-hybridized carbons (Fsp3) is 0.562. The summed E-state index contributed by atoms with van der Waals surface area (Å²) in [6.07, 6.45) is 3.97. The maximum Gasteiger partial charge on any atom is 0.306 e. The van der Waals surface area contributed by atoms with E-state index >= 15 is 0 Å². The van der Waals surface area contributed by atoms with Crippen LogP contribution in [0.25, 0.3) is 0 Å². The van der Waals surface area contributed by atoms with Crippen LogP contribution in [0.2, 0.25) is 10.0 Å². The normalized spacial score (nSPS) is 20.5. The lowest BCUT2D eigenvalue weighted by Crippen LogP contribution is -2.35. The molecule has 2 rings (SSSR count). The summed E-state index contributed by atoms with van der Waals surface area (Å²) in [7, 11) is 2.02. The molecule has 3 nitrogen and oxygen atoms in total. The number of hydrogen-bond donors (Lipinski definition) is 1. The zero-order chi connectivity index (χ0) is 15.4. The number of benzene rings is 1. The molecule has 0 radical (unpaired) electrons. The zero-order valence-electron chi connectivity index (χ0n) is 13.0. The van der Waals surface area contributed by atoms with E-state index < -0.39 is 5.97 Å². The standard InChI is InChI=1S/C16H21Cl2NO2.2ClH/c1-19(9-11-6-7-14(17)15(18)8-11)10-12-4-2-3-5-13(12)16(20)21;;/h6-8,12-13H,2-5,9-10H2,1H3,(H,20,21);2*1H. The van der Waals surface area contributed by atoms with E-state index in [0.29, 0.717) is 10.0 Å². The largest absolute Gasteiger partial charge is 0.481 e. The first kappa shape index (κ1) is 22.8. The van der Waals surface area contributed by atoms with Gasteiger partial charge in [-0.05, 0) is 43.5 Å². The summed E-state index contributed by atoms with van der Waals surface area (Å²) in [5, 5.41) is 10.4. The van der Waals surface area contributed by atoms with Gasteiger partial charge >= 0.3 is 5.97 Å². The van der Waals surface area contributed by atoms with Gasteiger partial charge in [0.25, 0.3) is 0 Å². The summed E-state index contributed by atoms with van der Waals surface area (Å²) >= 11 is 11.9. The maximum atomic E-state index is 11.3. The molecule has 0 heterocycles. The van der Waals surface area contributed by atoms with Gasteiger partial charge in [0, 0.05) is 13.1 Å². The molecule has 0 aliphatic heterocycles. The highest BCUT2D eigenvalue weighted by atomic mass is 35.5. The topological polar surface area (TPSA) is 40.5 Å². The van der Waals surface area contributed by atoms with E-state index in [1.165, 1.54) is 0 Å². The van der Waals surface area contributed by atoms with Gasteiger partial charge in [0.1, 0.15) is 0 Å². The number of aliphatic carboxylic acids is 1. The SMILES string of the molecule is CN(Cc1ccc(Cl)c(Cl)c1)CC1CCCCC1C(=O)O.Cl.Cl. The van der Waals surface area contributed by atoms with Crippen LogP contribution in [0.1, 0.15) is 31.2 Å². The van der Waals surface area contributed by atoms with Gasteiger partial charge in [-0.3, -0.25) is 4.79 Å². The molecule has 2 atom stereocenters. The van der Waals surface area contributed by atoms with Crippen LogP contribution in [0.15, 0.2) is 18.2 Å². The molecule has 0 bridgehead atoms. The Kier molecular flexibility index (Phi) is 10.5. The van der Waals surface area contributed by atoms with Crippen molar-refractivity contribution in [1.29, 1.82) is 0 Å². The van der Waals surface area contributed by atoms with Crippen molar-refractivity contribution in [3.63, 3.8) is 0 Å². The van der Waals surface area contributed by atoms with Crippen molar-refractivity contribution in [3.05, 3.63) is 33.8 Å². The van der Waals surface area contributed by atoms with Gasteiger partial charge in [-0.15, -0.1) is 24.8 Å². The number of halogens is 4. The van der Waals surface area contributed by atoms with E-state index in [2.05, 4.69) is 4.90 Å². The molecule has 1 aromatic carbocycles. The summed E-state index contributed by atoms with van der Waals surface area (Å²) in [6, 6.07) is 5.63. The zero-order valence-corrected chi connectivity index (χ0v) is 16.1. The molecule has 23 heavy (non-hydrogen) atoms. The van der Waals surface area contributed by atoms with Crippen molar-refractivity contribution in [2.75, 3.05) is 13.6 Å². The van der Waals surface area contributed by atoms with Crippen molar-refractivity contribution in [3.8, 4) is 0 Å². The number of hydrogen-bond acceptors (Lipinski definition) is 2. The van der Waals surface area contributed by atoms with Crippen LogP contribution in [0.4, 0.5) is 0 Å². The van der Waals surface area contributed by atoms with E-state index in [0.717, 1.165) is 44.3 Å². The highest BCUT2D eigenvalue weighted by molar-refractivity contribution is 6.42. The van der Waals surface area contributed by atoms with Crippen LogP contribution < -0.4 is 0 Å². The minimum atomic E-state index is -0.650. The Hall–Kier alpha value is -0.190. The van der Waals surface area contributed by atoms with Gasteiger partial charge in [-0.25, -0.2) is 0 Å². The van der Waals surface area contributed by atoms with Crippen molar-refractivity contribution < 1.29 is 9.90 Å². The van der Waals surface area contributed by atoms with Crippen molar-refractivity contribution >= 4 is 54.0 Å². The summed E-state index contributed by atoms with van der Waals surface area (Å²) < 4.78 is 0. The van der Waals surface area contributed by atoms with Crippen molar-refractivity contribution in [2.24, 2.45) is 11.8 Å². The highest BCUT2D eigenvalue weighted by Gasteiger charge is 2.31. The van der Waals surface area contributed by atoms with E-state index in [9.17, 15) is 9.90 Å². The van der Waals surface area contributed by atoms with Crippen LogP contribution in [0, 0.1) is 11.8 Å². The Morgan fingerprint density at radius 3 is 2.48 bits per heavy atom. The summed E-state index contributed by atoms with van der Waals surface area (Å²) in [4.78, 5) is 13.5. The Labute approximate surface area is 160 Å². The quantitative estimate of drug-likeness (QED) is 0.739. The molecular weight excluding hydrogens is 380 g/mol. The smallest absolute Gasteiger partial charge is 0.306 e. The predicted octanol–water partition coefficient (Wildman–Crippen LogP) is 5.16. The number of carbonyl (C=O) groups is 1. The van der Waals surface area contributed by atoms with Crippen molar-refractivity contribution in [2.45, 2.75) is 32.2 Å². The first-order chi connectivity index (χ1) is 9.97. The van der Waals surface area contributed by atoms with E-state index in [-0.39, 0.29) is 36.6 Å². The second kappa shape index (κ2) is 10.6. The fourth-order valence-electron chi connectivity index (χ4n) is 3.17. The molecule has 1 saturated carbocycles. The third-order valence-electron chi connectivity index (χ3n) is 4.21. The minimum Gasteiger partial charge on any atom is -0.481 e. The van der Waals surface area contributed by atoms with Gasteiger partial charge in [0.05, 0.1) is 16.0 Å². The Morgan fingerprint density at radius 1 is 1.22 bits per heavy atom. The molecule has 0 amide bonds. The maximum absolute atomic E-state index is 11.3. The molecule has 0 spiro atoms. The number of carboxylic acids is 1. The highest BCUT2D eigenvalue weighted by Crippen LogP contribution is 2.31. The molecule has 1 N–H and O–H groups in total. The number of nitrogens with zero attached hydrogens (tertiary/aromatic N) is 1. The fourth-order valence-corrected chi connectivity index (χ4v) is 3.49. The Balaban J connectivity index is 0.00000242. The molecule has 1 aromatic rings. The molecule has 0 saturated heterocycles. The number of carboxylic acid groups (broad SMARTS) is 1. The number of rotatable bonds is 5. The monoisotopic (exact) mass is 401 g/mol. The first-order valence-corrected chi connectivity index (χ1v) is 8.08. The van der Waals surface area contributed by atoms with E-state index in [4.69, 9.17) is 23.2 Å². The molecule has 1 aliphatic carbocycles. The summed E-state index contributed by atoms with van der Waals surface area (Å²) in [5.74, 6) is -0.610. The average molecular weight is 403 g/mol.